The van der Waals surface area contributed by atoms with Gasteiger partial charge in [0.15, 0.2) is 0 Å². The number of esters is 1. The number of nitrogens with two attached hydrogens (primary N) is 1. The van der Waals surface area contributed by atoms with Gasteiger partial charge in [-0.05, 0) is 6.92 Å². The topological polar surface area (TPSA) is 148 Å². The number of carboxylic acids is 1. The molecule has 19 heavy (non-hydrogen) atoms. The van der Waals surface area contributed by atoms with Crippen LogP contribution in [0.25, 0.3) is 0 Å². The van der Waals surface area contributed by atoms with E-state index in [1.807, 2.05) is 0 Å². The highest BCUT2D eigenvalue weighted by Gasteiger charge is 2.21. The van der Waals surface area contributed by atoms with E-state index < -0.39 is 36.3 Å². The van der Waals surface area contributed by atoms with Crippen molar-refractivity contribution < 1.29 is 29.0 Å². The van der Waals surface area contributed by atoms with E-state index in [4.69, 9.17) is 10.8 Å². The maximum Gasteiger partial charge on any atom is 0.326 e. The van der Waals surface area contributed by atoms with Crippen molar-refractivity contribution in [1.82, 2.24) is 10.6 Å². The van der Waals surface area contributed by atoms with Gasteiger partial charge in [0.1, 0.15) is 6.04 Å². The largest absolute Gasteiger partial charge is 0.480 e. The minimum atomic E-state index is -1.40. The van der Waals surface area contributed by atoms with Crippen LogP contribution in [0.2, 0.25) is 0 Å². The Bertz CT molecular complexity index is 357. The van der Waals surface area contributed by atoms with Crippen molar-refractivity contribution in [3.8, 4) is 0 Å². The molecule has 108 valence electrons. The van der Waals surface area contributed by atoms with Crippen molar-refractivity contribution in [3.63, 3.8) is 0 Å². The third-order valence-corrected chi connectivity index (χ3v) is 1.93. The van der Waals surface area contributed by atoms with E-state index in [-0.39, 0.29) is 19.6 Å². The Balaban J connectivity index is 4.03. The van der Waals surface area contributed by atoms with Crippen LogP contribution in [0.1, 0.15) is 19.8 Å². The van der Waals surface area contributed by atoms with E-state index in [1.54, 1.807) is 6.92 Å². The summed E-state index contributed by atoms with van der Waals surface area (Å²) in [6, 6.07) is -2.21. The molecule has 0 saturated heterocycles. The molecule has 1 unspecified atom stereocenters. The number of hydrogen-bond acceptors (Lipinski definition) is 5. The van der Waals surface area contributed by atoms with Crippen LogP contribution in [0.4, 0.5) is 4.79 Å². The normalized spacial score (nSPS) is 11.2. The van der Waals surface area contributed by atoms with Crippen LogP contribution in [0, 0.1) is 0 Å². The first-order valence-electron chi connectivity index (χ1n) is 5.57. The molecule has 0 bridgehead atoms. The molecule has 0 aromatic rings. The fraction of sp³-hybridized carbons (Fsp3) is 0.600. The lowest BCUT2D eigenvalue weighted by Crippen LogP contribution is -2.48. The molecular formula is C10H17N3O6. The molecule has 0 radical (unpaired) electrons. The van der Waals surface area contributed by atoms with Gasteiger partial charge in [0.2, 0.25) is 5.91 Å². The maximum absolute atomic E-state index is 11.3. The molecule has 0 aromatic carbocycles. The lowest BCUT2D eigenvalue weighted by molar-refractivity contribution is -0.143. The zero-order valence-corrected chi connectivity index (χ0v) is 10.5. The number of ether oxygens (including phenoxy) is 1. The van der Waals surface area contributed by atoms with Crippen LogP contribution < -0.4 is 16.4 Å². The first-order chi connectivity index (χ1) is 8.86. The number of amides is 3. The molecule has 5 N–H and O–H groups in total. The Labute approximate surface area is 109 Å². The zero-order valence-electron chi connectivity index (χ0n) is 10.5. The van der Waals surface area contributed by atoms with Gasteiger partial charge in [-0.2, -0.15) is 0 Å². The first-order valence-corrected chi connectivity index (χ1v) is 5.57. The van der Waals surface area contributed by atoms with Crippen LogP contribution in [0.3, 0.4) is 0 Å². The SMILES string of the molecule is CCOC(=O)CCNC(=O)NC(CC(N)=O)C(=O)O. The van der Waals surface area contributed by atoms with Crippen LogP contribution in [-0.2, 0) is 19.1 Å². The zero-order chi connectivity index (χ0) is 14.8. The van der Waals surface area contributed by atoms with Crippen molar-refractivity contribution in [2.45, 2.75) is 25.8 Å². The van der Waals surface area contributed by atoms with Gasteiger partial charge >= 0.3 is 18.0 Å². The predicted molar refractivity (Wildman–Crippen MR) is 63.0 cm³/mol. The molecule has 0 rings (SSSR count). The monoisotopic (exact) mass is 275 g/mol. The Morgan fingerprint density at radius 3 is 2.42 bits per heavy atom. The summed E-state index contributed by atoms with van der Waals surface area (Å²) in [5.74, 6) is -2.70. The molecule has 1 atom stereocenters. The third kappa shape index (κ3) is 8.41. The molecule has 0 heterocycles. The Hall–Kier alpha value is -2.32. The van der Waals surface area contributed by atoms with Gasteiger partial charge in [0.05, 0.1) is 19.4 Å². The molecule has 0 aliphatic heterocycles. The smallest absolute Gasteiger partial charge is 0.326 e. The van der Waals surface area contributed by atoms with E-state index in [9.17, 15) is 19.2 Å². The standard InChI is InChI=1S/C10H17N3O6/c1-2-19-8(15)3-4-12-10(18)13-6(9(16)17)5-7(11)14/h6H,2-5H2,1H3,(H2,11,14)(H,16,17)(H2,12,13,18). The van der Waals surface area contributed by atoms with Gasteiger partial charge in [0, 0.05) is 6.54 Å². The lowest BCUT2D eigenvalue weighted by Gasteiger charge is -2.13. The van der Waals surface area contributed by atoms with E-state index in [0.717, 1.165) is 0 Å². The minimum Gasteiger partial charge on any atom is -0.480 e. The second-order valence-corrected chi connectivity index (χ2v) is 3.52. The number of hydrogen-bond donors (Lipinski definition) is 4. The second kappa shape index (κ2) is 8.72. The number of primary amides is 1. The molecule has 0 aliphatic carbocycles. The van der Waals surface area contributed by atoms with Crippen LogP contribution in [-0.4, -0.2) is 48.2 Å². The molecule has 9 nitrogen and oxygen atoms in total. The molecule has 9 heteroatoms. The summed E-state index contributed by atoms with van der Waals surface area (Å²) >= 11 is 0. The summed E-state index contributed by atoms with van der Waals surface area (Å²) in [6.45, 7) is 1.89. The van der Waals surface area contributed by atoms with Crippen molar-refractivity contribution in [2.75, 3.05) is 13.2 Å². The molecule has 0 fully saturated rings. The molecule has 0 aromatic heterocycles. The van der Waals surface area contributed by atoms with E-state index in [2.05, 4.69) is 15.4 Å². The quantitative estimate of drug-likeness (QED) is 0.399. The van der Waals surface area contributed by atoms with Crippen molar-refractivity contribution >= 4 is 23.9 Å². The lowest BCUT2D eigenvalue weighted by atomic mass is 10.2. The molecule has 0 spiro atoms. The number of nitrogens with one attached hydrogen (secondary N) is 2. The predicted octanol–water partition coefficient (Wildman–Crippen LogP) is -1.43. The van der Waals surface area contributed by atoms with Gasteiger partial charge in [0.25, 0.3) is 0 Å². The van der Waals surface area contributed by atoms with Gasteiger partial charge in [-0.1, -0.05) is 0 Å². The number of aliphatic carboxylic acids is 1. The summed E-state index contributed by atoms with van der Waals surface area (Å²) in [4.78, 5) is 43.6. The summed E-state index contributed by atoms with van der Waals surface area (Å²) in [5, 5.41) is 13.0. The van der Waals surface area contributed by atoms with Crippen molar-refractivity contribution in [3.05, 3.63) is 0 Å². The summed E-state index contributed by atoms with van der Waals surface area (Å²) in [7, 11) is 0. The second-order valence-electron chi connectivity index (χ2n) is 3.52. The van der Waals surface area contributed by atoms with Gasteiger partial charge < -0.3 is 26.2 Å². The van der Waals surface area contributed by atoms with E-state index >= 15 is 0 Å². The summed E-state index contributed by atoms with van der Waals surface area (Å²) < 4.78 is 4.63. The van der Waals surface area contributed by atoms with Crippen molar-refractivity contribution in [2.24, 2.45) is 5.73 Å². The number of urea groups is 1. The molecule has 0 aliphatic rings. The molecule has 0 saturated carbocycles. The van der Waals surface area contributed by atoms with Crippen molar-refractivity contribution in [1.29, 1.82) is 0 Å². The van der Waals surface area contributed by atoms with E-state index in [0.29, 0.717) is 0 Å². The van der Waals surface area contributed by atoms with Crippen LogP contribution in [0.5, 0.6) is 0 Å². The Morgan fingerprint density at radius 1 is 1.32 bits per heavy atom. The number of carbonyl (C=O) groups is 4. The number of rotatable bonds is 8. The molecule has 3 amide bonds. The summed E-state index contributed by atoms with van der Waals surface area (Å²) in [5.41, 5.74) is 4.84. The minimum absolute atomic E-state index is 0.00637. The highest BCUT2D eigenvalue weighted by Crippen LogP contribution is 1.92. The van der Waals surface area contributed by atoms with Crippen LogP contribution in [0.15, 0.2) is 0 Å². The first kappa shape index (κ1) is 16.7. The highest BCUT2D eigenvalue weighted by atomic mass is 16.5. The fourth-order valence-electron chi connectivity index (χ4n) is 1.12. The number of carboxylic acid groups (broad SMARTS) is 1. The highest BCUT2D eigenvalue weighted by molar-refractivity contribution is 5.87. The Morgan fingerprint density at radius 2 is 1.95 bits per heavy atom. The Kier molecular flexibility index (Phi) is 7.66. The molecular weight excluding hydrogens is 258 g/mol. The third-order valence-electron chi connectivity index (χ3n) is 1.93. The maximum atomic E-state index is 11.3. The van der Waals surface area contributed by atoms with Gasteiger partial charge in [-0.3, -0.25) is 9.59 Å². The average molecular weight is 275 g/mol. The van der Waals surface area contributed by atoms with Crippen LogP contribution >= 0.6 is 0 Å². The summed E-state index contributed by atoms with van der Waals surface area (Å²) in [6.07, 6.45) is -0.546. The average Bonchev–Trinajstić information content (AvgIpc) is 2.27. The van der Waals surface area contributed by atoms with Gasteiger partial charge in [-0.15, -0.1) is 0 Å². The number of carbonyl (C=O) groups excluding carboxylic acids is 3. The fourth-order valence-corrected chi connectivity index (χ4v) is 1.12. The van der Waals surface area contributed by atoms with E-state index in [1.165, 1.54) is 0 Å². The van der Waals surface area contributed by atoms with Gasteiger partial charge in [-0.25, -0.2) is 9.59 Å².